The number of rotatable bonds is 1. The fraction of sp³-hybridized carbons (Fsp3) is 0.579. The largest absolute Gasteiger partial charge is 0.508 e. The highest BCUT2D eigenvalue weighted by atomic mass is 19.3. The van der Waals surface area contributed by atoms with E-state index >= 15 is 8.78 Å². The lowest BCUT2D eigenvalue weighted by Crippen LogP contribution is -2.57. The van der Waals surface area contributed by atoms with Crippen molar-refractivity contribution in [3.8, 4) is 5.75 Å². The van der Waals surface area contributed by atoms with Gasteiger partial charge in [0.1, 0.15) is 17.1 Å². The molecular formula is C19H21F2NO2. The molecule has 1 N–H and O–H groups in total. The van der Waals surface area contributed by atoms with Crippen molar-refractivity contribution in [1.82, 2.24) is 4.90 Å². The monoisotopic (exact) mass is 333 g/mol. The van der Waals surface area contributed by atoms with Crippen molar-refractivity contribution in [3.63, 3.8) is 0 Å². The van der Waals surface area contributed by atoms with Gasteiger partial charge in [0.25, 0.3) is 5.92 Å². The Kier molecular flexibility index (Phi) is 2.89. The number of nitrogens with zero attached hydrogens (tertiary/aromatic N) is 1. The zero-order chi connectivity index (χ0) is 16.6. The lowest BCUT2D eigenvalue weighted by molar-refractivity contribution is -0.0846. The lowest BCUT2D eigenvalue weighted by atomic mass is 9.65. The average molecular weight is 333 g/mol. The number of phenolic OH excluding ortho intramolecular Hbond substituents is 1. The first-order valence-corrected chi connectivity index (χ1v) is 8.85. The third-order valence-electron chi connectivity index (χ3n) is 6.36. The maximum Gasteiger partial charge on any atom is 0.289 e. The van der Waals surface area contributed by atoms with Crippen LogP contribution in [-0.4, -0.2) is 29.1 Å². The minimum absolute atomic E-state index is 0.00220. The summed E-state index contributed by atoms with van der Waals surface area (Å²) >= 11 is 0. The van der Waals surface area contributed by atoms with Crippen LogP contribution in [0.5, 0.6) is 5.75 Å². The summed E-state index contributed by atoms with van der Waals surface area (Å²) in [4.78, 5) is 2.01. The molecule has 3 nitrogen and oxygen atoms in total. The minimum atomic E-state index is -2.95. The van der Waals surface area contributed by atoms with Crippen LogP contribution in [0.15, 0.2) is 22.6 Å². The van der Waals surface area contributed by atoms with Gasteiger partial charge in [-0.2, -0.15) is 8.78 Å². The van der Waals surface area contributed by atoms with Crippen molar-refractivity contribution in [2.75, 3.05) is 13.1 Å². The fourth-order valence-corrected chi connectivity index (χ4v) is 5.56. The molecule has 5 heteroatoms. The summed E-state index contributed by atoms with van der Waals surface area (Å²) in [6, 6.07) is 4.68. The number of piperidine rings is 2. The second-order valence-corrected chi connectivity index (χ2v) is 7.76. The van der Waals surface area contributed by atoms with Crippen LogP contribution in [0.4, 0.5) is 8.78 Å². The number of phenols is 1. The van der Waals surface area contributed by atoms with E-state index < -0.39 is 5.92 Å². The summed E-state index contributed by atoms with van der Waals surface area (Å²) in [5, 5.41) is 10.1. The quantitative estimate of drug-likeness (QED) is 0.838. The fourth-order valence-electron chi connectivity index (χ4n) is 5.56. The highest BCUT2D eigenvalue weighted by molar-refractivity contribution is 5.85. The molecule has 4 aliphatic rings. The van der Waals surface area contributed by atoms with Crippen molar-refractivity contribution < 1.29 is 18.3 Å². The third kappa shape index (κ3) is 1.85. The van der Waals surface area contributed by atoms with Crippen LogP contribution in [0.2, 0.25) is 0 Å². The van der Waals surface area contributed by atoms with Gasteiger partial charge >= 0.3 is 0 Å². The number of benzene rings is 1. The van der Waals surface area contributed by atoms with E-state index in [0.717, 1.165) is 25.8 Å². The number of furan rings is 1. The molecule has 3 aliphatic heterocycles. The van der Waals surface area contributed by atoms with E-state index in [2.05, 4.69) is 6.92 Å². The van der Waals surface area contributed by atoms with Gasteiger partial charge in [0, 0.05) is 23.9 Å². The molecule has 1 saturated carbocycles. The van der Waals surface area contributed by atoms with E-state index in [1.807, 2.05) is 4.90 Å². The lowest BCUT2D eigenvalue weighted by Gasteiger charge is -2.52. The van der Waals surface area contributed by atoms with Gasteiger partial charge in [-0.25, -0.2) is 0 Å². The normalized spacial score (nSPS) is 36.5. The Morgan fingerprint density at radius 2 is 2.17 bits per heavy atom. The topological polar surface area (TPSA) is 36.6 Å². The van der Waals surface area contributed by atoms with Gasteiger partial charge in [-0.05, 0) is 42.9 Å². The highest BCUT2D eigenvalue weighted by Crippen LogP contribution is 2.55. The van der Waals surface area contributed by atoms with E-state index in [0.29, 0.717) is 28.6 Å². The Morgan fingerprint density at radius 1 is 1.33 bits per heavy atom. The highest BCUT2D eigenvalue weighted by Gasteiger charge is 2.55. The van der Waals surface area contributed by atoms with Gasteiger partial charge < -0.3 is 9.52 Å². The first-order chi connectivity index (χ1) is 11.5. The van der Waals surface area contributed by atoms with Crippen LogP contribution in [0.3, 0.4) is 0 Å². The molecule has 4 heterocycles. The Hall–Kier alpha value is -1.62. The molecule has 0 spiro atoms. The summed E-state index contributed by atoms with van der Waals surface area (Å²) < 4.78 is 36.3. The Bertz CT molecular complexity index is 815. The van der Waals surface area contributed by atoms with Crippen LogP contribution in [0.25, 0.3) is 11.0 Å². The van der Waals surface area contributed by atoms with E-state index in [4.69, 9.17) is 4.42 Å². The zero-order valence-electron chi connectivity index (χ0n) is 13.6. The number of alkyl halides is 2. The van der Waals surface area contributed by atoms with E-state index in [1.165, 1.54) is 12.1 Å². The molecule has 1 aromatic carbocycles. The Morgan fingerprint density at radius 3 is 2.96 bits per heavy atom. The van der Waals surface area contributed by atoms with Crippen molar-refractivity contribution in [3.05, 3.63) is 29.5 Å². The predicted octanol–water partition coefficient (Wildman–Crippen LogP) is 4.45. The van der Waals surface area contributed by atoms with Crippen LogP contribution in [0.1, 0.15) is 43.4 Å². The molecule has 24 heavy (non-hydrogen) atoms. The number of aromatic hydroxyl groups is 1. The van der Waals surface area contributed by atoms with Crippen molar-refractivity contribution in [2.45, 2.75) is 44.1 Å². The Balaban J connectivity index is 1.76. The summed E-state index contributed by atoms with van der Waals surface area (Å²) in [5.74, 6) is -1.50. The van der Waals surface area contributed by atoms with Crippen LogP contribution >= 0.6 is 0 Å². The van der Waals surface area contributed by atoms with Crippen molar-refractivity contribution >= 4 is 11.0 Å². The maximum absolute atomic E-state index is 15.2. The molecular weight excluding hydrogens is 312 g/mol. The van der Waals surface area contributed by atoms with Gasteiger partial charge in [0.2, 0.25) is 0 Å². The number of fused-ring (bicyclic) bond motifs is 4. The first-order valence-electron chi connectivity index (χ1n) is 8.85. The first kappa shape index (κ1) is 14.7. The molecule has 0 radical (unpaired) electrons. The number of hydrogen-bond donors (Lipinski definition) is 1. The molecule has 4 bridgehead atoms. The van der Waals surface area contributed by atoms with E-state index in [1.54, 1.807) is 6.07 Å². The van der Waals surface area contributed by atoms with Gasteiger partial charge in [-0.15, -0.1) is 0 Å². The molecule has 1 aromatic heterocycles. The second-order valence-electron chi connectivity index (χ2n) is 7.76. The molecule has 3 fully saturated rings. The smallest absolute Gasteiger partial charge is 0.289 e. The van der Waals surface area contributed by atoms with E-state index in [-0.39, 0.29) is 29.8 Å². The molecule has 5 atom stereocenters. The molecule has 1 aliphatic carbocycles. The number of halogens is 2. The van der Waals surface area contributed by atoms with Crippen LogP contribution in [0, 0.1) is 11.8 Å². The summed E-state index contributed by atoms with van der Waals surface area (Å²) in [5.41, 5.74) is 0.476. The molecule has 6 rings (SSSR count). The van der Waals surface area contributed by atoms with Gasteiger partial charge in [-0.1, -0.05) is 13.3 Å². The van der Waals surface area contributed by atoms with Gasteiger partial charge in [0.05, 0.1) is 12.1 Å². The van der Waals surface area contributed by atoms with Gasteiger partial charge in [0.15, 0.2) is 0 Å². The SMILES string of the molecule is CCC1C[C@H]2C[C@H]3c4oc5ccc(O)cc5c4C(F)(F)CN(C2)C13. The standard InChI is InChI=1S/C19H21F2NO2/c1-2-11-5-10-6-14-17(11)22(8-10)9-19(20,21)16-13-7-12(23)3-4-15(13)24-18(14)16/h3-4,7,10-11,14,17,23H,2,5-6,8-9H2,1H3/t10-,11?,14+,17?/m0/s1. The summed E-state index contributed by atoms with van der Waals surface area (Å²) in [6.45, 7) is 2.70. The molecule has 3 unspecified atom stereocenters. The molecule has 2 saturated heterocycles. The van der Waals surface area contributed by atoms with Crippen molar-refractivity contribution in [2.24, 2.45) is 11.8 Å². The van der Waals surface area contributed by atoms with Crippen LogP contribution in [-0.2, 0) is 5.92 Å². The molecule has 2 aromatic rings. The second kappa shape index (κ2) is 4.72. The minimum Gasteiger partial charge on any atom is -0.508 e. The third-order valence-corrected chi connectivity index (χ3v) is 6.36. The predicted molar refractivity (Wildman–Crippen MR) is 86.4 cm³/mol. The van der Waals surface area contributed by atoms with Gasteiger partial charge in [-0.3, -0.25) is 4.90 Å². The summed E-state index contributed by atoms with van der Waals surface area (Å²) in [6.07, 6.45) is 3.11. The zero-order valence-corrected chi connectivity index (χ0v) is 13.6. The Labute approximate surface area is 139 Å². The molecule has 128 valence electrons. The number of hydrogen-bond acceptors (Lipinski definition) is 3. The maximum atomic E-state index is 15.2. The summed E-state index contributed by atoms with van der Waals surface area (Å²) in [7, 11) is 0. The van der Waals surface area contributed by atoms with Crippen molar-refractivity contribution in [1.29, 1.82) is 0 Å². The average Bonchev–Trinajstić information content (AvgIpc) is 2.90. The van der Waals surface area contributed by atoms with Crippen LogP contribution < -0.4 is 0 Å². The van der Waals surface area contributed by atoms with E-state index in [9.17, 15) is 5.11 Å². The molecule has 0 amide bonds.